The van der Waals surface area contributed by atoms with Gasteiger partial charge in [0.1, 0.15) is 11.7 Å². The fraction of sp³-hybridized carbons (Fsp3) is 0.435. The zero-order valence-electron chi connectivity index (χ0n) is 15.2. The first-order valence-corrected chi connectivity index (χ1v) is 9.69. The molecule has 1 atom stereocenters. The van der Waals surface area contributed by atoms with Crippen LogP contribution in [0.2, 0.25) is 0 Å². The Morgan fingerprint density at radius 2 is 1.44 bits per heavy atom. The Morgan fingerprint density at radius 1 is 0.800 bits per heavy atom. The van der Waals surface area contributed by atoms with Crippen molar-refractivity contribution < 1.29 is 9.53 Å². The van der Waals surface area contributed by atoms with Gasteiger partial charge in [-0.1, -0.05) is 87.9 Å². The highest BCUT2D eigenvalue weighted by Gasteiger charge is 2.35. The highest BCUT2D eigenvalue weighted by Crippen LogP contribution is 2.40. The second-order valence-electron chi connectivity index (χ2n) is 6.96. The lowest BCUT2D eigenvalue weighted by molar-refractivity contribution is -0.133. The molecule has 1 aliphatic heterocycles. The summed E-state index contributed by atoms with van der Waals surface area (Å²) in [5.74, 6) is 0.299. The average molecular weight is 336 g/mol. The molecule has 0 N–H and O–H groups in total. The zero-order valence-corrected chi connectivity index (χ0v) is 15.2. The Balaban J connectivity index is 1.65. The molecule has 2 aromatic carbocycles. The summed E-state index contributed by atoms with van der Waals surface area (Å²) in [5, 5.41) is 0. The zero-order chi connectivity index (χ0) is 17.5. The van der Waals surface area contributed by atoms with Crippen LogP contribution >= 0.6 is 0 Å². The molecule has 3 rings (SSSR count). The molecule has 0 fully saturated rings. The first kappa shape index (κ1) is 17.7. The molecule has 2 nitrogen and oxygen atoms in total. The molecule has 0 bridgehead atoms. The summed E-state index contributed by atoms with van der Waals surface area (Å²) in [7, 11) is 0. The van der Waals surface area contributed by atoms with Gasteiger partial charge in [-0.15, -0.1) is 0 Å². The Hall–Kier alpha value is -2.09. The first-order valence-electron chi connectivity index (χ1n) is 9.69. The lowest BCUT2D eigenvalue weighted by atomic mass is 9.87. The fourth-order valence-electron chi connectivity index (χ4n) is 3.72. The molecule has 2 aromatic rings. The van der Waals surface area contributed by atoms with Crippen molar-refractivity contribution in [2.24, 2.45) is 0 Å². The van der Waals surface area contributed by atoms with Crippen LogP contribution in [0, 0.1) is 0 Å². The molecule has 0 spiro atoms. The topological polar surface area (TPSA) is 26.3 Å². The number of aryl methyl sites for hydroxylation is 1. The first-order chi connectivity index (χ1) is 12.3. The predicted octanol–water partition coefficient (Wildman–Crippen LogP) is 6.03. The van der Waals surface area contributed by atoms with E-state index in [-0.39, 0.29) is 11.9 Å². The standard InChI is InChI=1S/C23H28O2/c1-2-3-4-5-6-7-8-13-18-14-9-10-15-19(18)22-20-16-11-12-17-21(20)25-23(22)24/h9-12,14-17,22H,2-8,13H2,1H3. The summed E-state index contributed by atoms with van der Waals surface area (Å²) in [6, 6.07) is 16.1. The highest BCUT2D eigenvalue weighted by atomic mass is 16.5. The van der Waals surface area contributed by atoms with Crippen molar-refractivity contribution in [2.75, 3.05) is 0 Å². The van der Waals surface area contributed by atoms with Gasteiger partial charge < -0.3 is 4.74 Å². The molecule has 0 saturated carbocycles. The van der Waals surface area contributed by atoms with E-state index in [2.05, 4.69) is 25.1 Å². The number of hydrogen-bond donors (Lipinski definition) is 0. The minimum Gasteiger partial charge on any atom is -0.425 e. The quantitative estimate of drug-likeness (QED) is 0.317. The predicted molar refractivity (Wildman–Crippen MR) is 102 cm³/mol. The molecule has 1 heterocycles. The summed E-state index contributed by atoms with van der Waals surface area (Å²) >= 11 is 0. The van der Waals surface area contributed by atoms with Gasteiger partial charge in [-0.05, 0) is 30.0 Å². The smallest absolute Gasteiger partial charge is 0.323 e. The normalized spacial score (nSPS) is 15.9. The van der Waals surface area contributed by atoms with Crippen LogP contribution in [0.15, 0.2) is 48.5 Å². The molecule has 0 saturated heterocycles. The maximum absolute atomic E-state index is 12.4. The number of esters is 1. The minimum atomic E-state index is -0.267. The molecule has 25 heavy (non-hydrogen) atoms. The van der Waals surface area contributed by atoms with E-state index in [9.17, 15) is 4.79 Å². The molecular weight excluding hydrogens is 308 g/mol. The largest absolute Gasteiger partial charge is 0.425 e. The van der Waals surface area contributed by atoms with Gasteiger partial charge in [0, 0.05) is 5.56 Å². The van der Waals surface area contributed by atoms with Gasteiger partial charge in [0.15, 0.2) is 0 Å². The number of carbonyl (C=O) groups is 1. The number of fused-ring (bicyclic) bond motifs is 1. The minimum absolute atomic E-state index is 0.145. The van der Waals surface area contributed by atoms with E-state index >= 15 is 0 Å². The van der Waals surface area contributed by atoms with E-state index in [1.165, 1.54) is 50.5 Å². The Morgan fingerprint density at radius 3 is 2.24 bits per heavy atom. The van der Waals surface area contributed by atoms with Gasteiger partial charge in [-0.2, -0.15) is 0 Å². The Kier molecular flexibility index (Phi) is 6.27. The van der Waals surface area contributed by atoms with Crippen LogP contribution in [0.5, 0.6) is 5.75 Å². The molecule has 0 amide bonds. The van der Waals surface area contributed by atoms with E-state index in [1.54, 1.807) is 0 Å². The third-order valence-electron chi connectivity index (χ3n) is 5.09. The van der Waals surface area contributed by atoms with Crippen LogP contribution < -0.4 is 4.74 Å². The number of rotatable bonds is 9. The molecule has 2 heteroatoms. The second-order valence-corrected chi connectivity index (χ2v) is 6.96. The van der Waals surface area contributed by atoms with Gasteiger partial charge in [-0.3, -0.25) is 4.79 Å². The maximum Gasteiger partial charge on any atom is 0.323 e. The fourth-order valence-corrected chi connectivity index (χ4v) is 3.72. The van der Waals surface area contributed by atoms with Crippen LogP contribution in [0.3, 0.4) is 0 Å². The van der Waals surface area contributed by atoms with Gasteiger partial charge in [0.2, 0.25) is 0 Å². The van der Waals surface area contributed by atoms with Gasteiger partial charge >= 0.3 is 5.97 Å². The molecular formula is C23H28O2. The van der Waals surface area contributed by atoms with Gasteiger partial charge in [-0.25, -0.2) is 0 Å². The van der Waals surface area contributed by atoms with E-state index in [0.29, 0.717) is 5.75 Å². The number of ether oxygens (including phenoxy) is 1. The molecule has 1 aliphatic rings. The SMILES string of the molecule is CCCCCCCCCc1ccccc1C1C(=O)Oc2ccccc21. The van der Waals surface area contributed by atoms with Crippen LogP contribution in [0.25, 0.3) is 0 Å². The number of carbonyl (C=O) groups excluding carboxylic acids is 1. The molecule has 132 valence electrons. The van der Waals surface area contributed by atoms with Crippen LogP contribution in [-0.2, 0) is 11.2 Å². The second kappa shape index (κ2) is 8.84. The summed E-state index contributed by atoms with van der Waals surface area (Å²) < 4.78 is 5.47. The van der Waals surface area contributed by atoms with Crippen molar-refractivity contribution in [1.29, 1.82) is 0 Å². The van der Waals surface area contributed by atoms with Gasteiger partial charge in [0.25, 0.3) is 0 Å². The van der Waals surface area contributed by atoms with Crippen molar-refractivity contribution in [2.45, 2.75) is 64.2 Å². The van der Waals surface area contributed by atoms with E-state index in [0.717, 1.165) is 17.5 Å². The van der Waals surface area contributed by atoms with Crippen molar-refractivity contribution >= 4 is 5.97 Å². The third-order valence-corrected chi connectivity index (χ3v) is 5.09. The van der Waals surface area contributed by atoms with E-state index in [4.69, 9.17) is 4.74 Å². The summed E-state index contributed by atoms with van der Waals surface area (Å²) in [6.45, 7) is 2.25. The maximum atomic E-state index is 12.4. The van der Waals surface area contributed by atoms with Crippen molar-refractivity contribution in [3.05, 3.63) is 65.2 Å². The summed E-state index contributed by atoms with van der Waals surface area (Å²) in [6.07, 6.45) is 10.2. The Labute approximate surface area is 151 Å². The van der Waals surface area contributed by atoms with Crippen molar-refractivity contribution in [3.63, 3.8) is 0 Å². The lowest BCUT2D eigenvalue weighted by Crippen LogP contribution is -2.13. The van der Waals surface area contributed by atoms with Crippen LogP contribution in [0.4, 0.5) is 0 Å². The van der Waals surface area contributed by atoms with Crippen molar-refractivity contribution in [1.82, 2.24) is 0 Å². The van der Waals surface area contributed by atoms with E-state index < -0.39 is 0 Å². The summed E-state index contributed by atoms with van der Waals surface area (Å²) in [4.78, 5) is 12.4. The Bertz CT molecular complexity index is 705. The number of unbranched alkanes of at least 4 members (excludes halogenated alkanes) is 6. The lowest BCUT2D eigenvalue weighted by Gasteiger charge is -2.14. The molecule has 1 unspecified atom stereocenters. The molecule has 0 aliphatic carbocycles. The van der Waals surface area contributed by atoms with Gasteiger partial charge in [0.05, 0.1) is 0 Å². The van der Waals surface area contributed by atoms with Crippen LogP contribution in [0.1, 0.15) is 74.5 Å². The molecule has 0 aromatic heterocycles. The highest BCUT2D eigenvalue weighted by molar-refractivity contribution is 5.89. The third kappa shape index (κ3) is 4.31. The number of para-hydroxylation sites is 1. The monoisotopic (exact) mass is 336 g/mol. The van der Waals surface area contributed by atoms with Crippen molar-refractivity contribution in [3.8, 4) is 5.75 Å². The average Bonchev–Trinajstić information content (AvgIpc) is 2.97. The number of hydrogen-bond acceptors (Lipinski definition) is 2. The van der Waals surface area contributed by atoms with Crippen LogP contribution in [-0.4, -0.2) is 5.97 Å². The van der Waals surface area contributed by atoms with E-state index in [1.807, 2.05) is 30.3 Å². The summed E-state index contributed by atoms with van der Waals surface area (Å²) in [5.41, 5.74) is 3.40. The number of benzene rings is 2. The molecule has 0 radical (unpaired) electrons.